The van der Waals surface area contributed by atoms with Gasteiger partial charge in [-0.2, -0.15) is 0 Å². The van der Waals surface area contributed by atoms with E-state index in [1.54, 1.807) is 0 Å². The summed E-state index contributed by atoms with van der Waals surface area (Å²) in [5.74, 6) is 0. The molecule has 1 heteroatoms. The van der Waals surface area contributed by atoms with E-state index >= 15 is 0 Å². The Labute approximate surface area is 80.8 Å². The molecule has 0 N–H and O–H groups in total. The second-order valence-corrected chi connectivity index (χ2v) is 2.61. The van der Waals surface area contributed by atoms with Crippen molar-refractivity contribution >= 4 is 6.29 Å². The SMILES string of the molecule is CC.CCCc1ccc(C=O)cc1. The molecule has 13 heavy (non-hydrogen) atoms. The first-order valence-electron chi connectivity index (χ1n) is 4.91. The van der Waals surface area contributed by atoms with Crippen LogP contribution < -0.4 is 0 Å². The largest absolute Gasteiger partial charge is 0.298 e. The first-order valence-corrected chi connectivity index (χ1v) is 4.91. The van der Waals surface area contributed by atoms with Gasteiger partial charge in [0.1, 0.15) is 6.29 Å². The summed E-state index contributed by atoms with van der Waals surface area (Å²) in [6, 6.07) is 7.73. The maximum Gasteiger partial charge on any atom is 0.150 e. The highest BCUT2D eigenvalue weighted by atomic mass is 16.1. The molecule has 0 atom stereocenters. The Bertz CT molecular complexity index is 223. The summed E-state index contributed by atoms with van der Waals surface area (Å²) in [7, 11) is 0. The number of carbonyl (C=O) groups excluding carboxylic acids is 1. The van der Waals surface area contributed by atoms with E-state index in [0.717, 1.165) is 24.7 Å². The van der Waals surface area contributed by atoms with Crippen molar-refractivity contribution in [1.29, 1.82) is 0 Å². The molecule has 0 amide bonds. The van der Waals surface area contributed by atoms with Gasteiger partial charge in [-0.05, 0) is 12.0 Å². The van der Waals surface area contributed by atoms with Gasteiger partial charge in [0.15, 0.2) is 0 Å². The van der Waals surface area contributed by atoms with E-state index in [2.05, 4.69) is 6.92 Å². The molecule has 0 heterocycles. The summed E-state index contributed by atoms with van der Waals surface area (Å²) in [5, 5.41) is 0. The lowest BCUT2D eigenvalue weighted by atomic mass is 10.1. The standard InChI is InChI=1S/C10H12O.C2H6/c1-2-3-9-4-6-10(8-11)7-5-9;1-2/h4-8H,2-3H2,1H3;1-2H3. The van der Waals surface area contributed by atoms with Gasteiger partial charge in [0.2, 0.25) is 0 Å². The Balaban J connectivity index is 0.000000671. The smallest absolute Gasteiger partial charge is 0.150 e. The van der Waals surface area contributed by atoms with Crippen molar-refractivity contribution in [3.8, 4) is 0 Å². The van der Waals surface area contributed by atoms with Gasteiger partial charge in [0.25, 0.3) is 0 Å². The predicted molar refractivity (Wildman–Crippen MR) is 57.2 cm³/mol. The highest BCUT2D eigenvalue weighted by Crippen LogP contribution is 2.04. The minimum absolute atomic E-state index is 0.754. The third kappa shape index (κ3) is 4.46. The molecular formula is C12H18O. The lowest BCUT2D eigenvalue weighted by Gasteiger charge is -1.96. The van der Waals surface area contributed by atoms with E-state index < -0.39 is 0 Å². The molecule has 0 radical (unpaired) electrons. The highest BCUT2D eigenvalue weighted by Gasteiger charge is 1.90. The van der Waals surface area contributed by atoms with Crippen LogP contribution in [0.4, 0.5) is 0 Å². The summed E-state index contributed by atoms with van der Waals surface area (Å²) < 4.78 is 0. The second kappa shape index (κ2) is 7.53. The molecule has 0 aliphatic rings. The van der Waals surface area contributed by atoms with Crippen molar-refractivity contribution in [2.75, 3.05) is 0 Å². The van der Waals surface area contributed by atoms with Crippen molar-refractivity contribution in [1.82, 2.24) is 0 Å². The maximum atomic E-state index is 10.3. The van der Waals surface area contributed by atoms with E-state index in [0.29, 0.717) is 0 Å². The molecule has 0 unspecified atom stereocenters. The van der Waals surface area contributed by atoms with Crippen LogP contribution in [0.3, 0.4) is 0 Å². The molecule has 72 valence electrons. The maximum absolute atomic E-state index is 10.3. The van der Waals surface area contributed by atoms with Crippen molar-refractivity contribution in [3.63, 3.8) is 0 Å². The van der Waals surface area contributed by atoms with Gasteiger partial charge in [0.05, 0.1) is 0 Å². The zero-order valence-corrected chi connectivity index (χ0v) is 8.71. The molecule has 0 saturated heterocycles. The zero-order chi connectivity index (χ0) is 10.1. The van der Waals surface area contributed by atoms with Crippen LogP contribution in [-0.4, -0.2) is 6.29 Å². The molecular weight excluding hydrogens is 160 g/mol. The van der Waals surface area contributed by atoms with Crippen molar-refractivity contribution in [2.45, 2.75) is 33.6 Å². The first-order chi connectivity index (χ1) is 6.36. The molecule has 0 fully saturated rings. The third-order valence-electron chi connectivity index (χ3n) is 1.65. The number of benzene rings is 1. The lowest BCUT2D eigenvalue weighted by molar-refractivity contribution is 0.112. The van der Waals surface area contributed by atoms with Crippen LogP contribution >= 0.6 is 0 Å². The Morgan fingerprint density at radius 2 is 1.69 bits per heavy atom. The van der Waals surface area contributed by atoms with Crippen LogP contribution in [0.15, 0.2) is 24.3 Å². The van der Waals surface area contributed by atoms with Crippen molar-refractivity contribution in [2.24, 2.45) is 0 Å². The van der Waals surface area contributed by atoms with Gasteiger partial charge in [-0.15, -0.1) is 0 Å². The molecule has 0 aromatic heterocycles. The van der Waals surface area contributed by atoms with Gasteiger partial charge in [0, 0.05) is 5.56 Å². The third-order valence-corrected chi connectivity index (χ3v) is 1.65. The molecule has 0 saturated carbocycles. The molecule has 0 aliphatic carbocycles. The summed E-state index contributed by atoms with van der Waals surface area (Å²) in [6.07, 6.45) is 3.12. The number of hydrogen-bond acceptors (Lipinski definition) is 1. The van der Waals surface area contributed by atoms with Crippen molar-refractivity contribution < 1.29 is 4.79 Å². The highest BCUT2D eigenvalue weighted by molar-refractivity contribution is 5.74. The summed E-state index contributed by atoms with van der Waals surface area (Å²) in [6.45, 7) is 6.15. The van der Waals surface area contributed by atoms with Gasteiger partial charge in [-0.3, -0.25) is 4.79 Å². The minimum atomic E-state index is 0.754. The summed E-state index contributed by atoms with van der Waals surface area (Å²) in [4.78, 5) is 10.3. The van der Waals surface area contributed by atoms with E-state index in [1.807, 2.05) is 38.1 Å². The molecule has 0 spiro atoms. The lowest BCUT2D eigenvalue weighted by Crippen LogP contribution is -1.84. The molecule has 1 rings (SSSR count). The van der Waals surface area contributed by atoms with Crippen LogP contribution in [0.2, 0.25) is 0 Å². The molecule has 1 nitrogen and oxygen atoms in total. The van der Waals surface area contributed by atoms with Crippen LogP contribution in [-0.2, 0) is 6.42 Å². The Hall–Kier alpha value is -1.11. The number of carbonyl (C=O) groups is 1. The Morgan fingerprint density at radius 1 is 1.15 bits per heavy atom. The Morgan fingerprint density at radius 3 is 2.08 bits per heavy atom. The normalized spacial score (nSPS) is 8.54. The fourth-order valence-electron chi connectivity index (χ4n) is 1.05. The van der Waals surface area contributed by atoms with Gasteiger partial charge >= 0.3 is 0 Å². The van der Waals surface area contributed by atoms with Crippen LogP contribution in [0.5, 0.6) is 0 Å². The van der Waals surface area contributed by atoms with E-state index in [1.165, 1.54) is 5.56 Å². The van der Waals surface area contributed by atoms with E-state index in [-0.39, 0.29) is 0 Å². The van der Waals surface area contributed by atoms with Gasteiger partial charge in [-0.1, -0.05) is 51.5 Å². The minimum Gasteiger partial charge on any atom is -0.298 e. The predicted octanol–water partition coefficient (Wildman–Crippen LogP) is 3.48. The topological polar surface area (TPSA) is 17.1 Å². The molecule has 0 bridgehead atoms. The first kappa shape index (κ1) is 11.9. The molecule has 1 aromatic rings. The summed E-state index contributed by atoms with van der Waals surface area (Å²) >= 11 is 0. The fraction of sp³-hybridized carbons (Fsp3) is 0.417. The number of aryl methyl sites for hydroxylation is 1. The molecule has 1 aromatic carbocycles. The number of aldehydes is 1. The second-order valence-electron chi connectivity index (χ2n) is 2.61. The van der Waals surface area contributed by atoms with E-state index in [4.69, 9.17) is 0 Å². The summed E-state index contributed by atoms with van der Waals surface area (Å²) in [5.41, 5.74) is 2.06. The Kier molecular flexibility index (Phi) is 6.89. The zero-order valence-electron chi connectivity index (χ0n) is 8.71. The van der Waals surface area contributed by atoms with Crippen LogP contribution in [0, 0.1) is 0 Å². The van der Waals surface area contributed by atoms with Crippen LogP contribution in [0.1, 0.15) is 43.1 Å². The van der Waals surface area contributed by atoms with Crippen LogP contribution in [0.25, 0.3) is 0 Å². The average molecular weight is 178 g/mol. The quantitative estimate of drug-likeness (QED) is 0.648. The number of rotatable bonds is 3. The monoisotopic (exact) mass is 178 g/mol. The number of hydrogen-bond donors (Lipinski definition) is 0. The fourth-order valence-corrected chi connectivity index (χ4v) is 1.05. The van der Waals surface area contributed by atoms with E-state index in [9.17, 15) is 4.79 Å². The van der Waals surface area contributed by atoms with Gasteiger partial charge < -0.3 is 0 Å². The average Bonchev–Trinajstić information content (AvgIpc) is 2.23. The van der Waals surface area contributed by atoms with Crippen molar-refractivity contribution in [3.05, 3.63) is 35.4 Å². The molecule has 0 aliphatic heterocycles. The van der Waals surface area contributed by atoms with Gasteiger partial charge in [-0.25, -0.2) is 0 Å².